The molecule has 1 aromatic heterocycles. The van der Waals surface area contributed by atoms with Crippen LogP contribution in [0.3, 0.4) is 0 Å². The highest BCUT2D eigenvalue weighted by molar-refractivity contribution is 6.64. The molecule has 1 radical (unpaired) electrons. The predicted octanol–water partition coefficient (Wildman–Crippen LogP) is 3.62. The Kier molecular flexibility index (Phi) is 5.49. The van der Waals surface area contributed by atoms with Gasteiger partial charge in [0.2, 0.25) is 0 Å². The van der Waals surface area contributed by atoms with Gasteiger partial charge in [-0.1, -0.05) is 12.1 Å². The first-order chi connectivity index (χ1) is 14.0. The van der Waals surface area contributed by atoms with E-state index in [1.54, 1.807) is 19.7 Å². The van der Waals surface area contributed by atoms with Gasteiger partial charge in [-0.05, 0) is 61.7 Å². The zero-order valence-corrected chi connectivity index (χ0v) is 16.4. The Morgan fingerprint density at radius 2 is 2.21 bits per heavy atom. The smallest absolute Gasteiger partial charge is 0.293 e. The van der Waals surface area contributed by atoms with E-state index in [-0.39, 0.29) is 11.9 Å². The van der Waals surface area contributed by atoms with Gasteiger partial charge in [-0.15, -0.1) is 0 Å². The second-order valence-electron chi connectivity index (χ2n) is 7.55. The molecule has 147 valence electrons. The van der Waals surface area contributed by atoms with Crippen LogP contribution in [0.5, 0.6) is 0 Å². The summed E-state index contributed by atoms with van der Waals surface area (Å²) in [6.07, 6.45) is 4.54. The van der Waals surface area contributed by atoms with Gasteiger partial charge in [0.25, 0.3) is 7.41 Å². The Bertz CT molecular complexity index is 1040. The van der Waals surface area contributed by atoms with Gasteiger partial charge in [0.05, 0.1) is 6.19 Å². The molecule has 0 unspecified atom stereocenters. The van der Waals surface area contributed by atoms with Crippen LogP contribution in [-0.2, 0) is 4.79 Å². The standard InChI is InChI=1S/C22H23BFN4O/c1-14-4-2-6-19(24)22(14)15-8-16-11-26-21(25)10-18(16)20(9-15)27-17-5-3-7-28(12-17)23-13-29/h2,4,6,8-11,13,17,27H,3,5,7,12H2,1H3,(H2,25,26)/t17-/m1/s1. The van der Waals surface area contributed by atoms with Crippen molar-refractivity contribution in [2.75, 3.05) is 24.1 Å². The molecule has 0 amide bonds. The molecule has 4 rings (SSSR count). The summed E-state index contributed by atoms with van der Waals surface area (Å²) in [5.74, 6) is 0.193. The molecule has 5 nitrogen and oxygen atoms in total. The van der Waals surface area contributed by atoms with Crippen molar-refractivity contribution in [3.8, 4) is 11.1 Å². The van der Waals surface area contributed by atoms with E-state index in [1.165, 1.54) is 6.07 Å². The molecule has 0 aliphatic carbocycles. The zero-order valence-electron chi connectivity index (χ0n) is 16.4. The third kappa shape index (κ3) is 4.10. The Balaban J connectivity index is 1.77. The van der Waals surface area contributed by atoms with Gasteiger partial charge < -0.3 is 20.7 Å². The molecule has 0 saturated carbocycles. The Morgan fingerprint density at radius 3 is 3.00 bits per heavy atom. The van der Waals surface area contributed by atoms with Crippen molar-refractivity contribution in [1.82, 2.24) is 9.79 Å². The average molecular weight is 389 g/mol. The van der Waals surface area contributed by atoms with Gasteiger partial charge in [-0.3, -0.25) is 0 Å². The highest BCUT2D eigenvalue weighted by atomic mass is 19.1. The monoisotopic (exact) mass is 389 g/mol. The maximum Gasteiger partial charge on any atom is 0.293 e. The Hall–Kier alpha value is -2.93. The van der Waals surface area contributed by atoms with Crippen LogP contribution in [0.25, 0.3) is 21.9 Å². The SMILES string of the molecule is Cc1cccc(F)c1-c1cc(N[C@@H]2CCCN([B]C=O)C2)c2cc(N)ncc2c1. The molecule has 29 heavy (non-hydrogen) atoms. The third-order valence-corrected chi connectivity index (χ3v) is 5.45. The largest absolute Gasteiger partial charge is 0.384 e. The first-order valence-electron chi connectivity index (χ1n) is 9.79. The number of piperidine rings is 1. The number of nitrogens with two attached hydrogens (primary N) is 1. The number of aryl methyl sites for hydroxylation is 1. The summed E-state index contributed by atoms with van der Waals surface area (Å²) in [6.45, 7) is 3.53. The van der Waals surface area contributed by atoms with Gasteiger partial charge >= 0.3 is 0 Å². The third-order valence-electron chi connectivity index (χ3n) is 5.45. The minimum atomic E-state index is -0.247. The van der Waals surface area contributed by atoms with Crippen LogP contribution >= 0.6 is 0 Å². The summed E-state index contributed by atoms with van der Waals surface area (Å²) < 4.78 is 14.6. The summed E-state index contributed by atoms with van der Waals surface area (Å²) in [5.41, 5.74) is 9.10. The van der Waals surface area contributed by atoms with Gasteiger partial charge in [0.1, 0.15) is 11.6 Å². The van der Waals surface area contributed by atoms with Crippen molar-refractivity contribution in [1.29, 1.82) is 0 Å². The lowest BCUT2D eigenvalue weighted by molar-refractivity contribution is 0.340. The van der Waals surface area contributed by atoms with E-state index in [1.807, 2.05) is 36.0 Å². The summed E-state index contributed by atoms with van der Waals surface area (Å²) in [7, 11) is 1.59. The molecular formula is C22H23BFN4O. The summed E-state index contributed by atoms with van der Waals surface area (Å²) >= 11 is 0. The van der Waals surface area contributed by atoms with E-state index in [4.69, 9.17) is 5.73 Å². The molecule has 0 spiro atoms. The lowest BCUT2D eigenvalue weighted by Crippen LogP contribution is -2.44. The first kappa shape index (κ1) is 19.4. The van der Waals surface area contributed by atoms with Gasteiger partial charge in [0, 0.05) is 40.8 Å². The van der Waals surface area contributed by atoms with E-state index >= 15 is 0 Å². The van der Waals surface area contributed by atoms with Crippen molar-refractivity contribution >= 4 is 35.9 Å². The van der Waals surface area contributed by atoms with Crippen molar-refractivity contribution in [3.63, 3.8) is 0 Å². The maximum absolute atomic E-state index is 14.6. The highest BCUT2D eigenvalue weighted by Crippen LogP contribution is 2.35. The fraction of sp³-hybridized carbons (Fsp3) is 0.273. The second-order valence-corrected chi connectivity index (χ2v) is 7.55. The van der Waals surface area contributed by atoms with Crippen molar-refractivity contribution < 1.29 is 9.18 Å². The molecule has 3 aromatic rings. The van der Waals surface area contributed by atoms with Crippen molar-refractivity contribution in [2.24, 2.45) is 0 Å². The van der Waals surface area contributed by atoms with Gasteiger partial charge in [0.15, 0.2) is 0 Å². The topological polar surface area (TPSA) is 71.2 Å². The number of pyridine rings is 1. The minimum absolute atomic E-state index is 0.175. The van der Waals surface area contributed by atoms with Gasteiger partial charge in [-0.25, -0.2) is 9.37 Å². The number of anilines is 2. The van der Waals surface area contributed by atoms with Crippen molar-refractivity contribution in [3.05, 3.63) is 54.0 Å². The molecule has 1 atom stereocenters. The average Bonchev–Trinajstić information content (AvgIpc) is 2.69. The number of nitrogens with one attached hydrogen (secondary N) is 1. The van der Waals surface area contributed by atoms with Crippen LogP contribution in [0, 0.1) is 12.7 Å². The van der Waals surface area contributed by atoms with Crippen LogP contribution in [-0.4, -0.2) is 42.5 Å². The van der Waals surface area contributed by atoms with E-state index in [0.29, 0.717) is 11.4 Å². The van der Waals surface area contributed by atoms with E-state index in [2.05, 4.69) is 10.3 Å². The number of nitrogens with zero attached hydrogens (tertiary/aromatic N) is 2. The lowest BCUT2D eigenvalue weighted by atomic mass is 9.89. The number of aromatic nitrogens is 1. The molecule has 2 aromatic carbocycles. The first-order valence-corrected chi connectivity index (χ1v) is 9.79. The number of rotatable bonds is 5. The summed E-state index contributed by atoms with van der Waals surface area (Å²) in [4.78, 5) is 17.1. The number of carbonyl (C=O) groups excluding carboxylic acids is 1. The number of carbonyl (C=O) groups is 1. The Labute approximate surface area is 170 Å². The minimum Gasteiger partial charge on any atom is -0.384 e. The molecule has 7 heteroatoms. The summed E-state index contributed by atoms with van der Waals surface area (Å²) in [6, 6.07) is 11.1. The summed E-state index contributed by atoms with van der Waals surface area (Å²) in [5, 5.41) is 5.45. The number of hydrogen-bond acceptors (Lipinski definition) is 5. The van der Waals surface area contributed by atoms with Crippen LogP contribution in [0.2, 0.25) is 0 Å². The number of benzene rings is 2. The quantitative estimate of drug-likeness (QED) is 0.515. The highest BCUT2D eigenvalue weighted by Gasteiger charge is 2.21. The molecule has 2 heterocycles. The fourth-order valence-corrected chi connectivity index (χ4v) is 4.10. The van der Waals surface area contributed by atoms with E-state index in [9.17, 15) is 9.18 Å². The number of nitrogen functional groups attached to an aromatic ring is 1. The lowest BCUT2D eigenvalue weighted by Gasteiger charge is -2.33. The van der Waals surface area contributed by atoms with Crippen LogP contribution < -0.4 is 11.1 Å². The molecule has 3 N–H and O–H groups in total. The molecule has 1 saturated heterocycles. The fourth-order valence-electron chi connectivity index (χ4n) is 4.10. The second kappa shape index (κ2) is 8.21. The number of halogens is 1. The van der Waals surface area contributed by atoms with E-state index in [0.717, 1.165) is 59.7 Å². The van der Waals surface area contributed by atoms with Crippen molar-refractivity contribution in [2.45, 2.75) is 25.8 Å². The molecular weight excluding hydrogens is 366 g/mol. The molecule has 1 fully saturated rings. The number of hydrogen-bond donors (Lipinski definition) is 2. The zero-order chi connectivity index (χ0) is 20.4. The van der Waals surface area contributed by atoms with Gasteiger partial charge in [-0.2, -0.15) is 0 Å². The van der Waals surface area contributed by atoms with Crippen LogP contribution in [0.15, 0.2) is 42.6 Å². The van der Waals surface area contributed by atoms with E-state index < -0.39 is 0 Å². The normalized spacial score (nSPS) is 17.2. The maximum atomic E-state index is 14.6. The van der Waals surface area contributed by atoms with Crippen LogP contribution in [0.1, 0.15) is 18.4 Å². The van der Waals surface area contributed by atoms with Crippen LogP contribution in [0.4, 0.5) is 15.9 Å². The molecule has 0 bridgehead atoms. The molecule has 1 aliphatic heterocycles. The predicted molar refractivity (Wildman–Crippen MR) is 117 cm³/mol. The Morgan fingerprint density at radius 1 is 1.34 bits per heavy atom. The number of fused-ring (bicyclic) bond motifs is 1. The molecule has 1 aliphatic rings.